The molecule has 0 aliphatic heterocycles. The Morgan fingerprint density at radius 3 is 2.50 bits per heavy atom. The summed E-state index contributed by atoms with van der Waals surface area (Å²) in [6.07, 6.45) is 11.6. The smallest absolute Gasteiger partial charge is 0.00966 e. The third-order valence-electron chi connectivity index (χ3n) is 4.23. The van der Waals surface area contributed by atoms with Crippen molar-refractivity contribution in [1.29, 1.82) is 0 Å². The molecule has 0 amide bonds. The first kappa shape index (κ1) is 15.6. The molecule has 0 bridgehead atoms. The van der Waals surface area contributed by atoms with E-state index in [9.17, 15) is 0 Å². The molecular weight excluding hydrogens is 218 g/mol. The SMILES string of the molecule is C#CCCC1CC(C)(C)CCC1CNC(C)(C)C. The predicted molar refractivity (Wildman–Crippen MR) is 80.4 cm³/mol. The second-order valence-electron chi connectivity index (χ2n) is 7.80. The second kappa shape index (κ2) is 6.11. The molecule has 2 atom stereocenters. The molecule has 104 valence electrons. The Morgan fingerprint density at radius 2 is 1.94 bits per heavy atom. The maximum Gasteiger partial charge on any atom is 0.00966 e. The molecule has 0 aromatic heterocycles. The topological polar surface area (TPSA) is 12.0 Å². The van der Waals surface area contributed by atoms with Gasteiger partial charge in [-0.3, -0.25) is 0 Å². The molecular formula is C17H31N. The summed E-state index contributed by atoms with van der Waals surface area (Å²) in [5, 5.41) is 3.67. The van der Waals surface area contributed by atoms with E-state index < -0.39 is 0 Å². The molecule has 1 aliphatic rings. The summed E-state index contributed by atoms with van der Waals surface area (Å²) in [5.41, 5.74) is 0.737. The first-order valence-electron chi connectivity index (χ1n) is 7.42. The third-order valence-corrected chi connectivity index (χ3v) is 4.23. The summed E-state index contributed by atoms with van der Waals surface area (Å²) < 4.78 is 0. The summed E-state index contributed by atoms with van der Waals surface area (Å²) in [7, 11) is 0. The Labute approximate surface area is 114 Å². The van der Waals surface area contributed by atoms with E-state index in [1.165, 1.54) is 25.7 Å². The van der Waals surface area contributed by atoms with Gasteiger partial charge in [-0.2, -0.15) is 0 Å². The molecule has 1 aliphatic carbocycles. The van der Waals surface area contributed by atoms with Gasteiger partial charge < -0.3 is 5.32 Å². The summed E-state index contributed by atoms with van der Waals surface area (Å²) in [5.74, 6) is 4.43. The standard InChI is InChI=1S/C17H31N/c1-7-8-9-14-12-17(5,6)11-10-15(14)13-18-16(2,3)4/h1,14-15,18H,8-13H2,2-6H3. The van der Waals surface area contributed by atoms with Crippen molar-refractivity contribution in [3.05, 3.63) is 0 Å². The lowest BCUT2D eigenvalue weighted by Gasteiger charge is -2.42. The molecule has 1 fully saturated rings. The van der Waals surface area contributed by atoms with E-state index in [0.717, 1.165) is 24.8 Å². The van der Waals surface area contributed by atoms with Crippen LogP contribution in [0.15, 0.2) is 0 Å². The first-order valence-corrected chi connectivity index (χ1v) is 7.42. The summed E-state index contributed by atoms with van der Waals surface area (Å²) in [4.78, 5) is 0. The van der Waals surface area contributed by atoms with E-state index in [4.69, 9.17) is 6.42 Å². The molecule has 18 heavy (non-hydrogen) atoms. The van der Waals surface area contributed by atoms with Gasteiger partial charge in [0.2, 0.25) is 0 Å². The summed E-state index contributed by atoms with van der Waals surface area (Å²) >= 11 is 0. The van der Waals surface area contributed by atoms with Crippen LogP contribution in [0.25, 0.3) is 0 Å². The molecule has 0 heterocycles. The Balaban J connectivity index is 2.55. The van der Waals surface area contributed by atoms with Crippen LogP contribution in [0.4, 0.5) is 0 Å². The van der Waals surface area contributed by atoms with E-state index in [1.54, 1.807) is 0 Å². The van der Waals surface area contributed by atoms with Crippen LogP contribution in [0.5, 0.6) is 0 Å². The zero-order valence-electron chi connectivity index (χ0n) is 13.0. The van der Waals surface area contributed by atoms with Crippen LogP contribution < -0.4 is 5.32 Å². The van der Waals surface area contributed by atoms with Crippen molar-refractivity contribution >= 4 is 0 Å². The van der Waals surface area contributed by atoms with Gasteiger partial charge in [-0.05, 0) is 70.3 Å². The molecule has 0 aromatic rings. The minimum atomic E-state index is 0.226. The van der Waals surface area contributed by atoms with Gasteiger partial charge in [0.25, 0.3) is 0 Å². The van der Waals surface area contributed by atoms with Gasteiger partial charge in [-0.15, -0.1) is 12.3 Å². The van der Waals surface area contributed by atoms with Crippen molar-refractivity contribution in [2.24, 2.45) is 17.3 Å². The van der Waals surface area contributed by atoms with Gasteiger partial charge >= 0.3 is 0 Å². The van der Waals surface area contributed by atoms with Crippen molar-refractivity contribution in [1.82, 2.24) is 5.32 Å². The van der Waals surface area contributed by atoms with Crippen LogP contribution in [0.2, 0.25) is 0 Å². The average molecular weight is 249 g/mol. The van der Waals surface area contributed by atoms with Crippen molar-refractivity contribution in [3.8, 4) is 12.3 Å². The lowest BCUT2D eigenvalue weighted by molar-refractivity contribution is 0.106. The summed E-state index contributed by atoms with van der Waals surface area (Å²) in [6.45, 7) is 12.7. The largest absolute Gasteiger partial charge is 0.312 e. The van der Waals surface area contributed by atoms with Gasteiger partial charge in [-0.1, -0.05) is 13.8 Å². The lowest BCUT2D eigenvalue weighted by atomic mass is 9.66. The van der Waals surface area contributed by atoms with Crippen molar-refractivity contribution in [3.63, 3.8) is 0 Å². The maximum absolute atomic E-state index is 5.44. The van der Waals surface area contributed by atoms with Gasteiger partial charge in [0.1, 0.15) is 0 Å². The zero-order valence-corrected chi connectivity index (χ0v) is 13.0. The highest BCUT2D eigenvalue weighted by Gasteiger charge is 2.34. The molecule has 1 N–H and O–H groups in total. The molecule has 1 saturated carbocycles. The third kappa shape index (κ3) is 5.44. The normalized spacial score (nSPS) is 27.8. The Kier molecular flexibility index (Phi) is 5.29. The maximum atomic E-state index is 5.44. The van der Waals surface area contributed by atoms with Crippen LogP contribution in [-0.4, -0.2) is 12.1 Å². The molecule has 0 radical (unpaired) electrons. The van der Waals surface area contributed by atoms with Crippen molar-refractivity contribution in [2.45, 2.75) is 72.3 Å². The Bertz CT molecular complexity index is 290. The quantitative estimate of drug-likeness (QED) is 0.735. The molecule has 0 saturated heterocycles. The molecule has 1 heteroatoms. The fraction of sp³-hybridized carbons (Fsp3) is 0.882. The van der Waals surface area contributed by atoms with Crippen LogP contribution >= 0.6 is 0 Å². The Hall–Kier alpha value is -0.480. The van der Waals surface area contributed by atoms with E-state index in [2.05, 4.69) is 45.9 Å². The highest BCUT2D eigenvalue weighted by Crippen LogP contribution is 2.43. The van der Waals surface area contributed by atoms with Crippen LogP contribution in [0, 0.1) is 29.6 Å². The zero-order chi connectivity index (χ0) is 13.8. The highest BCUT2D eigenvalue weighted by molar-refractivity contribution is 4.91. The number of hydrogen-bond donors (Lipinski definition) is 1. The van der Waals surface area contributed by atoms with E-state index in [1.807, 2.05) is 0 Å². The fourth-order valence-electron chi connectivity index (χ4n) is 3.10. The first-order chi connectivity index (χ1) is 8.23. The lowest BCUT2D eigenvalue weighted by Crippen LogP contribution is -2.43. The van der Waals surface area contributed by atoms with Gasteiger partial charge in [-0.25, -0.2) is 0 Å². The van der Waals surface area contributed by atoms with Crippen LogP contribution in [0.1, 0.15) is 66.7 Å². The van der Waals surface area contributed by atoms with Crippen molar-refractivity contribution in [2.75, 3.05) is 6.54 Å². The number of terminal acetylenes is 1. The van der Waals surface area contributed by atoms with E-state index >= 15 is 0 Å². The number of rotatable bonds is 4. The molecule has 0 spiro atoms. The van der Waals surface area contributed by atoms with E-state index in [-0.39, 0.29) is 5.54 Å². The highest BCUT2D eigenvalue weighted by atomic mass is 14.9. The van der Waals surface area contributed by atoms with Gasteiger partial charge in [0.05, 0.1) is 0 Å². The van der Waals surface area contributed by atoms with Crippen LogP contribution in [0.3, 0.4) is 0 Å². The molecule has 1 nitrogen and oxygen atoms in total. The minimum absolute atomic E-state index is 0.226. The molecule has 1 rings (SSSR count). The van der Waals surface area contributed by atoms with Gasteiger partial charge in [0, 0.05) is 12.0 Å². The molecule has 0 aromatic carbocycles. The monoisotopic (exact) mass is 249 g/mol. The number of hydrogen-bond acceptors (Lipinski definition) is 1. The van der Waals surface area contributed by atoms with Crippen LogP contribution in [-0.2, 0) is 0 Å². The minimum Gasteiger partial charge on any atom is -0.312 e. The van der Waals surface area contributed by atoms with Gasteiger partial charge in [0.15, 0.2) is 0 Å². The number of nitrogens with one attached hydrogen (secondary N) is 1. The van der Waals surface area contributed by atoms with Crippen molar-refractivity contribution < 1.29 is 0 Å². The molecule has 2 unspecified atom stereocenters. The Morgan fingerprint density at radius 1 is 1.28 bits per heavy atom. The second-order valence-corrected chi connectivity index (χ2v) is 7.80. The van der Waals surface area contributed by atoms with E-state index in [0.29, 0.717) is 5.41 Å². The summed E-state index contributed by atoms with van der Waals surface area (Å²) in [6, 6.07) is 0. The fourth-order valence-corrected chi connectivity index (χ4v) is 3.10. The average Bonchev–Trinajstić information content (AvgIpc) is 2.22. The predicted octanol–water partition coefficient (Wildman–Crippen LogP) is 4.23.